The lowest BCUT2D eigenvalue weighted by atomic mass is 10.1. The van der Waals surface area contributed by atoms with Crippen LogP contribution in [0.5, 0.6) is 0 Å². The molecule has 0 radical (unpaired) electrons. The fourth-order valence-corrected chi connectivity index (χ4v) is 1.69. The fraction of sp³-hybridized carbons (Fsp3) is 0.0833. The van der Waals surface area contributed by atoms with E-state index in [-0.39, 0.29) is 5.82 Å². The van der Waals surface area contributed by atoms with E-state index in [1.165, 1.54) is 12.1 Å². The molecule has 0 saturated heterocycles. The summed E-state index contributed by atoms with van der Waals surface area (Å²) in [4.78, 5) is 4.07. The maximum atomic E-state index is 12.7. The quantitative estimate of drug-likeness (QED) is 0.667. The standard InChI is InChI=1S/C12H9ClFN/c1-8-6-10(7-12(13)15-8)9-2-4-11(14)5-3-9/h2-7H,1H3. The van der Waals surface area contributed by atoms with Crippen molar-refractivity contribution in [3.05, 3.63) is 53.1 Å². The van der Waals surface area contributed by atoms with Crippen LogP contribution in [0.4, 0.5) is 4.39 Å². The molecule has 76 valence electrons. The van der Waals surface area contributed by atoms with Gasteiger partial charge in [0.1, 0.15) is 11.0 Å². The SMILES string of the molecule is Cc1cc(-c2ccc(F)cc2)cc(Cl)n1. The summed E-state index contributed by atoms with van der Waals surface area (Å²) in [5.41, 5.74) is 2.73. The van der Waals surface area contributed by atoms with Crippen LogP contribution in [0.3, 0.4) is 0 Å². The molecule has 0 atom stereocenters. The van der Waals surface area contributed by atoms with E-state index >= 15 is 0 Å². The molecule has 1 nitrogen and oxygen atoms in total. The largest absolute Gasteiger partial charge is 0.241 e. The third kappa shape index (κ3) is 2.34. The second-order valence-electron chi connectivity index (χ2n) is 3.33. The van der Waals surface area contributed by atoms with Gasteiger partial charge in [0.05, 0.1) is 0 Å². The highest BCUT2D eigenvalue weighted by Crippen LogP contribution is 2.22. The zero-order valence-corrected chi connectivity index (χ0v) is 8.92. The lowest BCUT2D eigenvalue weighted by Crippen LogP contribution is -1.85. The molecule has 2 aromatic rings. The summed E-state index contributed by atoms with van der Waals surface area (Å²) in [5, 5.41) is 0.453. The summed E-state index contributed by atoms with van der Waals surface area (Å²) in [7, 11) is 0. The van der Waals surface area contributed by atoms with Crippen molar-refractivity contribution in [1.82, 2.24) is 4.98 Å². The minimum Gasteiger partial charge on any atom is -0.241 e. The Morgan fingerprint density at radius 3 is 2.33 bits per heavy atom. The Hall–Kier alpha value is -1.41. The van der Waals surface area contributed by atoms with Crippen LogP contribution in [0.25, 0.3) is 11.1 Å². The van der Waals surface area contributed by atoms with Crippen LogP contribution >= 0.6 is 11.6 Å². The van der Waals surface area contributed by atoms with Crippen LogP contribution in [-0.2, 0) is 0 Å². The van der Waals surface area contributed by atoms with Gasteiger partial charge in [-0.3, -0.25) is 0 Å². The molecule has 0 bridgehead atoms. The van der Waals surface area contributed by atoms with E-state index in [1.807, 2.05) is 13.0 Å². The van der Waals surface area contributed by atoms with Crippen LogP contribution < -0.4 is 0 Å². The van der Waals surface area contributed by atoms with E-state index in [4.69, 9.17) is 11.6 Å². The van der Waals surface area contributed by atoms with Gasteiger partial charge in [0.2, 0.25) is 0 Å². The molecule has 0 aliphatic carbocycles. The monoisotopic (exact) mass is 221 g/mol. The number of halogens is 2. The van der Waals surface area contributed by atoms with Crippen molar-refractivity contribution >= 4 is 11.6 Å². The van der Waals surface area contributed by atoms with Crippen molar-refractivity contribution in [1.29, 1.82) is 0 Å². The minimum atomic E-state index is -0.240. The van der Waals surface area contributed by atoms with Gasteiger partial charge in [0.25, 0.3) is 0 Å². The summed E-state index contributed by atoms with van der Waals surface area (Å²) in [6, 6.07) is 9.99. The van der Waals surface area contributed by atoms with Gasteiger partial charge in [-0.05, 0) is 42.3 Å². The maximum Gasteiger partial charge on any atom is 0.129 e. The van der Waals surface area contributed by atoms with Crippen molar-refractivity contribution in [2.75, 3.05) is 0 Å². The van der Waals surface area contributed by atoms with Crippen LogP contribution in [-0.4, -0.2) is 4.98 Å². The van der Waals surface area contributed by atoms with Gasteiger partial charge in [0, 0.05) is 5.69 Å². The zero-order chi connectivity index (χ0) is 10.8. The highest BCUT2D eigenvalue weighted by atomic mass is 35.5. The normalized spacial score (nSPS) is 10.3. The van der Waals surface area contributed by atoms with Gasteiger partial charge < -0.3 is 0 Å². The van der Waals surface area contributed by atoms with Gasteiger partial charge in [-0.2, -0.15) is 0 Å². The van der Waals surface area contributed by atoms with Crippen molar-refractivity contribution in [3.63, 3.8) is 0 Å². The lowest BCUT2D eigenvalue weighted by molar-refractivity contribution is 0.628. The summed E-state index contributed by atoms with van der Waals surface area (Å²) < 4.78 is 12.7. The van der Waals surface area contributed by atoms with Gasteiger partial charge in [-0.25, -0.2) is 9.37 Å². The molecule has 1 aromatic carbocycles. The smallest absolute Gasteiger partial charge is 0.129 e. The number of pyridine rings is 1. The first-order chi connectivity index (χ1) is 7.15. The topological polar surface area (TPSA) is 12.9 Å². The highest BCUT2D eigenvalue weighted by Gasteiger charge is 2.01. The number of nitrogens with zero attached hydrogens (tertiary/aromatic N) is 1. The zero-order valence-electron chi connectivity index (χ0n) is 8.17. The van der Waals surface area contributed by atoms with Gasteiger partial charge in [-0.15, -0.1) is 0 Å². The number of aromatic nitrogens is 1. The van der Waals surface area contributed by atoms with E-state index in [1.54, 1.807) is 18.2 Å². The molecule has 15 heavy (non-hydrogen) atoms. The second kappa shape index (κ2) is 3.99. The maximum absolute atomic E-state index is 12.7. The van der Waals surface area contributed by atoms with Crippen molar-refractivity contribution < 1.29 is 4.39 Å². The van der Waals surface area contributed by atoms with Gasteiger partial charge in [-0.1, -0.05) is 23.7 Å². The average molecular weight is 222 g/mol. The molecule has 0 N–H and O–H groups in total. The number of aryl methyl sites for hydroxylation is 1. The van der Waals surface area contributed by atoms with Crippen molar-refractivity contribution in [2.45, 2.75) is 6.92 Å². The second-order valence-corrected chi connectivity index (χ2v) is 3.71. The van der Waals surface area contributed by atoms with Crippen LogP contribution in [0.1, 0.15) is 5.69 Å². The molecule has 1 heterocycles. The summed E-state index contributed by atoms with van der Waals surface area (Å²) >= 11 is 5.85. The summed E-state index contributed by atoms with van der Waals surface area (Å²) in [5.74, 6) is -0.240. The summed E-state index contributed by atoms with van der Waals surface area (Å²) in [6.07, 6.45) is 0. The number of benzene rings is 1. The summed E-state index contributed by atoms with van der Waals surface area (Å²) in [6.45, 7) is 1.87. The molecule has 2 rings (SSSR count). The van der Waals surface area contributed by atoms with E-state index in [9.17, 15) is 4.39 Å². The van der Waals surface area contributed by atoms with Crippen LogP contribution in [0.2, 0.25) is 5.15 Å². The Morgan fingerprint density at radius 1 is 1.07 bits per heavy atom. The Bertz CT molecular complexity index is 459. The number of hydrogen-bond donors (Lipinski definition) is 0. The fourth-order valence-electron chi connectivity index (χ4n) is 1.44. The van der Waals surface area contributed by atoms with Crippen LogP contribution in [0, 0.1) is 12.7 Å². The molecular formula is C12H9ClFN. The number of rotatable bonds is 1. The molecule has 0 fully saturated rings. The van der Waals surface area contributed by atoms with Gasteiger partial charge in [0.15, 0.2) is 0 Å². The Balaban J connectivity index is 2.49. The van der Waals surface area contributed by atoms with E-state index in [0.29, 0.717) is 5.15 Å². The molecule has 0 saturated carbocycles. The molecule has 0 aliphatic rings. The molecule has 0 amide bonds. The predicted molar refractivity (Wildman–Crippen MR) is 59.4 cm³/mol. The van der Waals surface area contributed by atoms with Crippen LogP contribution in [0.15, 0.2) is 36.4 Å². The lowest BCUT2D eigenvalue weighted by Gasteiger charge is -2.03. The Labute approximate surface area is 92.5 Å². The van der Waals surface area contributed by atoms with E-state index in [0.717, 1.165) is 16.8 Å². The third-order valence-electron chi connectivity index (χ3n) is 2.10. The molecule has 3 heteroatoms. The molecule has 0 unspecified atom stereocenters. The highest BCUT2D eigenvalue weighted by molar-refractivity contribution is 6.29. The number of hydrogen-bond acceptors (Lipinski definition) is 1. The van der Waals surface area contributed by atoms with Gasteiger partial charge >= 0.3 is 0 Å². The van der Waals surface area contributed by atoms with E-state index < -0.39 is 0 Å². The molecule has 0 aliphatic heterocycles. The molecular weight excluding hydrogens is 213 g/mol. The molecule has 1 aromatic heterocycles. The average Bonchev–Trinajstić information content (AvgIpc) is 2.17. The van der Waals surface area contributed by atoms with Crippen molar-refractivity contribution in [2.24, 2.45) is 0 Å². The Morgan fingerprint density at radius 2 is 1.73 bits per heavy atom. The van der Waals surface area contributed by atoms with Crippen molar-refractivity contribution in [3.8, 4) is 11.1 Å². The first-order valence-corrected chi connectivity index (χ1v) is 4.93. The predicted octanol–water partition coefficient (Wildman–Crippen LogP) is 3.85. The Kier molecular flexibility index (Phi) is 2.69. The third-order valence-corrected chi connectivity index (χ3v) is 2.29. The minimum absolute atomic E-state index is 0.240. The first kappa shape index (κ1) is 10.1. The first-order valence-electron chi connectivity index (χ1n) is 4.55. The molecule has 0 spiro atoms. The van der Waals surface area contributed by atoms with E-state index in [2.05, 4.69) is 4.98 Å².